The Labute approximate surface area is 67.8 Å². The molecule has 3 nitrogen and oxygen atoms in total. The van der Waals surface area contributed by atoms with Crippen molar-refractivity contribution in [3.05, 3.63) is 0 Å². The molecule has 11 heavy (non-hydrogen) atoms. The molecule has 0 aliphatic carbocycles. The molecule has 0 heterocycles. The van der Waals surface area contributed by atoms with Gasteiger partial charge in [0, 0.05) is 20.3 Å². The van der Waals surface area contributed by atoms with Crippen LogP contribution in [0, 0.1) is 0 Å². The van der Waals surface area contributed by atoms with Crippen LogP contribution in [0.25, 0.3) is 0 Å². The molecule has 0 aliphatic rings. The molecule has 0 bridgehead atoms. The lowest BCUT2D eigenvalue weighted by atomic mass is 10.9. The fourth-order valence-corrected chi connectivity index (χ4v) is 2.36. The molecule has 5 heteroatoms. The summed E-state index contributed by atoms with van der Waals surface area (Å²) in [6.45, 7) is 1.46. The molecule has 0 aromatic heterocycles. The van der Waals surface area contributed by atoms with E-state index in [-0.39, 0.29) is 6.61 Å². The standard InChI is InChI=1S/C6H15FO3Si/c1-4-11(8-2,9-3)10-6-5-7/h4-6H2,1-3H3. The Morgan fingerprint density at radius 1 is 1.27 bits per heavy atom. The Morgan fingerprint density at radius 3 is 2.09 bits per heavy atom. The third-order valence-corrected chi connectivity index (χ3v) is 4.21. The van der Waals surface area contributed by atoms with E-state index in [0.717, 1.165) is 0 Å². The van der Waals surface area contributed by atoms with Crippen molar-refractivity contribution in [2.45, 2.75) is 13.0 Å². The van der Waals surface area contributed by atoms with E-state index < -0.39 is 15.5 Å². The van der Waals surface area contributed by atoms with Gasteiger partial charge in [-0.05, 0) is 0 Å². The average molecular weight is 182 g/mol. The van der Waals surface area contributed by atoms with Crippen LogP contribution in [0.1, 0.15) is 6.92 Å². The summed E-state index contributed by atoms with van der Waals surface area (Å²) in [6.07, 6.45) is 0. The lowest BCUT2D eigenvalue weighted by Crippen LogP contribution is -2.43. The molecule has 0 saturated carbocycles. The fourth-order valence-electron chi connectivity index (χ4n) is 0.786. The van der Waals surface area contributed by atoms with Crippen molar-refractivity contribution in [2.75, 3.05) is 27.5 Å². The summed E-state index contributed by atoms with van der Waals surface area (Å²) in [5, 5.41) is 0. The molecule has 68 valence electrons. The van der Waals surface area contributed by atoms with Gasteiger partial charge in [0.15, 0.2) is 0 Å². The Kier molecular flexibility index (Phi) is 5.66. The van der Waals surface area contributed by atoms with Gasteiger partial charge in [-0.2, -0.15) is 0 Å². The van der Waals surface area contributed by atoms with Crippen LogP contribution in [-0.2, 0) is 13.3 Å². The van der Waals surface area contributed by atoms with E-state index in [2.05, 4.69) is 0 Å². The molecule has 0 aromatic rings. The maximum absolute atomic E-state index is 11.7. The van der Waals surface area contributed by atoms with Gasteiger partial charge in [-0.15, -0.1) is 0 Å². The van der Waals surface area contributed by atoms with E-state index in [9.17, 15) is 4.39 Å². The van der Waals surface area contributed by atoms with E-state index in [1.54, 1.807) is 0 Å². The van der Waals surface area contributed by atoms with Gasteiger partial charge in [0.2, 0.25) is 0 Å². The number of hydrogen-bond donors (Lipinski definition) is 0. The highest BCUT2D eigenvalue weighted by Crippen LogP contribution is 2.12. The van der Waals surface area contributed by atoms with Crippen molar-refractivity contribution in [1.82, 2.24) is 0 Å². The Morgan fingerprint density at radius 2 is 1.82 bits per heavy atom. The van der Waals surface area contributed by atoms with Gasteiger partial charge in [-0.1, -0.05) is 6.92 Å². The summed E-state index contributed by atoms with van der Waals surface area (Å²) < 4.78 is 27.0. The predicted molar refractivity (Wildman–Crippen MR) is 42.2 cm³/mol. The third-order valence-electron chi connectivity index (χ3n) is 1.45. The van der Waals surface area contributed by atoms with Crippen molar-refractivity contribution in [3.63, 3.8) is 0 Å². The molecule has 0 spiro atoms. The first-order valence-corrected chi connectivity index (χ1v) is 5.48. The molecule has 0 saturated heterocycles. The number of halogens is 1. The summed E-state index contributed by atoms with van der Waals surface area (Å²) in [6, 6.07) is 0.667. The van der Waals surface area contributed by atoms with Gasteiger partial charge >= 0.3 is 8.80 Å². The van der Waals surface area contributed by atoms with Crippen molar-refractivity contribution in [2.24, 2.45) is 0 Å². The number of hydrogen-bond acceptors (Lipinski definition) is 3. The summed E-state index contributed by atoms with van der Waals surface area (Å²) >= 11 is 0. The molecule has 0 aromatic carbocycles. The van der Waals surface area contributed by atoms with Crippen LogP contribution in [0.5, 0.6) is 0 Å². The molecule has 0 atom stereocenters. The molecule has 0 rings (SSSR count). The maximum Gasteiger partial charge on any atom is 0.500 e. The summed E-state index contributed by atoms with van der Waals surface area (Å²) in [7, 11) is 0.572. The fraction of sp³-hybridized carbons (Fsp3) is 1.00. The minimum absolute atomic E-state index is 0.0573. The SMILES string of the molecule is CC[Si](OC)(OC)OCCF. The maximum atomic E-state index is 11.7. The van der Waals surface area contributed by atoms with Crippen LogP contribution in [0.4, 0.5) is 4.39 Å². The van der Waals surface area contributed by atoms with E-state index in [1.165, 1.54) is 14.2 Å². The molecular formula is C6H15FO3Si. The molecule has 0 amide bonds. The Hall–Kier alpha value is 0.0269. The number of rotatable bonds is 6. The van der Waals surface area contributed by atoms with Crippen LogP contribution in [0.2, 0.25) is 6.04 Å². The minimum atomic E-state index is -2.48. The molecule has 0 fully saturated rings. The first kappa shape index (κ1) is 11.0. The lowest BCUT2D eigenvalue weighted by Gasteiger charge is -2.24. The molecular weight excluding hydrogens is 167 g/mol. The highest BCUT2D eigenvalue weighted by Gasteiger charge is 2.36. The zero-order valence-electron chi connectivity index (χ0n) is 7.22. The lowest BCUT2D eigenvalue weighted by molar-refractivity contribution is 0.0929. The van der Waals surface area contributed by atoms with Gasteiger partial charge in [0.05, 0.1) is 6.61 Å². The smallest absolute Gasteiger partial charge is 0.377 e. The van der Waals surface area contributed by atoms with Crippen molar-refractivity contribution >= 4 is 8.80 Å². The van der Waals surface area contributed by atoms with Gasteiger partial charge < -0.3 is 13.3 Å². The number of alkyl halides is 1. The second-order valence-corrected chi connectivity index (χ2v) is 5.16. The molecule has 0 N–H and O–H groups in total. The van der Waals surface area contributed by atoms with Crippen LogP contribution < -0.4 is 0 Å². The van der Waals surface area contributed by atoms with Crippen LogP contribution in [0.15, 0.2) is 0 Å². The second kappa shape index (κ2) is 5.65. The largest absolute Gasteiger partial charge is 0.500 e. The van der Waals surface area contributed by atoms with Crippen LogP contribution >= 0.6 is 0 Å². The van der Waals surface area contributed by atoms with E-state index >= 15 is 0 Å². The highest BCUT2D eigenvalue weighted by molar-refractivity contribution is 6.60. The zero-order valence-corrected chi connectivity index (χ0v) is 8.22. The van der Waals surface area contributed by atoms with E-state index in [1.807, 2.05) is 6.92 Å². The quantitative estimate of drug-likeness (QED) is 0.578. The third kappa shape index (κ3) is 3.28. The predicted octanol–water partition coefficient (Wildman–Crippen LogP) is 1.22. The van der Waals surface area contributed by atoms with Crippen molar-refractivity contribution in [1.29, 1.82) is 0 Å². The first-order valence-electron chi connectivity index (χ1n) is 3.55. The summed E-state index contributed by atoms with van der Waals surface area (Å²) in [4.78, 5) is 0. The first-order chi connectivity index (χ1) is 5.24. The zero-order chi connectivity index (χ0) is 8.74. The van der Waals surface area contributed by atoms with Crippen LogP contribution in [-0.4, -0.2) is 36.3 Å². The van der Waals surface area contributed by atoms with Crippen molar-refractivity contribution < 1.29 is 17.7 Å². The van der Waals surface area contributed by atoms with Gasteiger partial charge in [-0.25, -0.2) is 4.39 Å². The summed E-state index contributed by atoms with van der Waals surface area (Å²) in [5.74, 6) is 0. The molecule has 0 unspecified atom stereocenters. The topological polar surface area (TPSA) is 27.7 Å². The normalized spacial score (nSPS) is 12.0. The van der Waals surface area contributed by atoms with Gasteiger partial charge in [0.1, 0.15) is 6.67 Å². The van der Waals surface area contributed by atoms with Crippen molar-refractivity contribution in [3.8, 4) is 0 Å². The second-order valence-electron chi connectivity index (χ2n) is 1.98. The van der Waals surface area contributed by atoms with Gasteiger partial charge in [0.25, 0.3) is 0 Å². The van der Waals surface area contributed by atoms with E-state index in [0.29, 0.717) is 6.04 Å². The summed E-state index contributed by atoms with van der Waals surface area (Å²) in [5.41, 5.74) is 0. The van der Waals surface area contributed by atoms with Crippen LogP contribution in [0.3, 0.4) is 0 Å². The monoisotopic (exact) mass is 182 g/mol. The van der Waals surface area contributed by atoms with E-state index in [4.69, 9.17) is 13.3 Å². The van der Waals surface area contributed by atoms with Gasteiger partial charge in [-0.3, -0.25) is 0 Å². The Bertz CT molecular complexity index is 89.6. The Balaban J connectivity index is 3.84. The highest BCUT2D eigenvalue weighted by atomic mass is 28.4. The minimum Gasteiger partial charge on any atom is -0.377 e. The average Bonchev–Trinajstić information content (AvgIpc) is 2.08. The molecule has 0 radical (unpaired) electrons. The molecule has 0 aliphatic heterocycles.